The molecule has 6 heteroatoms. The number of hydrogen-bond donors (Lipinski definition) is 1. The second kappa shape index (κ2) is 5.40. The minimum atomic E-state index is -0.360. The van der Waals surface area contributed by atoms with E-state index in [0.29, 0.717) is 6.04 Å². The first-order valence-corrected chi connectivity index (χ1v) is 7.03. The van der Waals surface area contributed by atoms with Crippen molar-refractivity contribution in [2.75, 3.05) is 11.4 Å². The van der Waals surface area contributed by atoms with Crippen LogP contribution in [0.2, 0.25) is 0 Å². The highest BCUT2D eigenvalue weighted by atomic mass is 127. The maximum atomic E-state index is 10.7. The fourth-order valence-corrected chi connectivity index (χ4v) is 3.22. The van der Waals surface area contributed by atoms with Gasteiger partial charge in [-0.3, -0.25) is 10.1 Å². The van der Waals surface area contributed by atoms with Gasteiger partial charge < -0.3 is 10.6 Å². The normalized spacial score (nSPS) is 24.1. The molecule has 0 saturated carbocycles. The van der Waals surface area contributed by atoms with E-state index in [1.165, 1.54) is 0 Å². The maximum Gasteiger partial charge on any atom is 0.270 e. The molecule has 5 nitrogen and oxygen atoms in total. The van der Waals surface area contributed by atoms with Crippen molar-refractivity contribution in [2.45, 2.75) is 31.8 Å². The second-order valence-corrected chi connectivity index (χ2v) is 5.88. The van der Waals surface area contributed by atoms with Crippen LogP contribution in [-0.4, -0.2) is 23.6 Å². The number of benzene rings is 1. The van der Waals surface area contributed by atoms with Crippen molar-refractivity contribution in [3.8, 4) is 0 Å². The van der Waals surface area contributed by atoms with E-state index in [1.807, 2.05) is 6.07 Å². The molecule has 2 rings (SSSR count). The highest BCUT2D eigenvalue weighted by Crippen LogP contribution is 2.31. The molecule has 2 atom stereocenters. The molecule has 98 valence electrons. The van der Waals surface area contributed by atoms with Gasteiger partial charge in [-0.15, -0.1) is 0 Å². The fourth-order valence-electron chi connectivity index (χ4n) is 2.41. The Balaban J connectivity index is 2.26. The summed E-state index contributed by atoms with van der Waals surface area (Å²) in [6.07, 6.45) is 1.93. The van der Waals surface area contributed by atoms with Gasteiger partial charge >= 0.3 is 0 Å². The number of non-ortho nitro benzene ring substituents is 1. The van der Waals surface area contributed by atoms with Crippen LogP contribution < -0.4 is 10.6 Å². The largest absolute Gasteiger partial charge is 0.368 e. The van der Waals surface area contributed by atoms with Crippen LogP contribution in [0.3, 0.4) is 0 Å². The van der Waals surface area contributed by atoms with Gasteiger partial charge in [-0.05, 0) is 48.4 Å². The molecule has 0 spiro atoms. The molecule has 0 radical (unpaired) electrons. The summed E-state index contributed by atoms with van der Waals surface area (Å²) in [6.45, 7) is 3.06. The standard InChI is InChI=1S/C12H16IN3O2/c1-8-6-9(14)4-5-15(8)12-3-2-10(16(17)18)7-11(12)13/h2-3,7-9H,4-6,14H2,1H3. The number of nitro groups is 1. The van der Waals surface area contributed by atoms with Crippen LogP contribution in [0.15, 0.2) is 18.2 Å². The van der Waals surface area contributed by atoms with Crippen molar-refractivity contribution in [3.05, 3.63) is 31.9 Å². The molecular weight excluding hydrogens is 345 g/mol. The molecule has 2 unspecified atom stereocenters. The summed E-state index contributed by atoms with van der Waals surface area (Å²) in [6, 6.07) is 5.68. The summed E-state index contributed by atoms with van der Waals surface area (Å²) < 4.78 is 0.920. The number of nitrogens with two attached hydrogens (primary N) is 1. The third kappa shape index (κ3) is 2.74. The Hall–Kier alpha value is -0.890. The average Bonchev–Trinajstić information content (AvgIpc) is 2.30. The number of halogens is 1. The molecule has 0 bridgehead atoms. The van der Waals surface area contributed by atoms with Crippen LogP contribution in [0.1, 0.15) is 19.8 Å². The zero-order chi connectivity index (χ0) is 13.3. The number of rotatable bonds is 2. The summed E-state index contributed by atoms with van der Waals surface area (Å²) in [4.78, 5) is 12.6. The zero-order valence-corrected chi connectivity index (χ0v) is 12.3. The molecule has 1 heterocycles. The topological polar surface area (TPSA) is 72.4 Å². The van der Waals surface area contributed by atoms with Crippen molar-refractivity contribution < 1.29 is 4.92 Å². The van der Waals surface area contributed by atoms with Gasteiger partial charge in [-0.25, -0.2) is 0 Å². The van der Waals surface area contributed by atoms with E-state index in [1.54, 1.807) is 12.1 Å². The van der Waals surface area contributed by atoms with E-state index in [9.17, 15) is 10.1 Å². The molecule has 0 aliphatic carbocycles. The predicted octanol–water partition coefficient (Wildman–Crippen LogP) is 2.52. The maximum absolute atomic E-state index is 10.7. The van der Waals surface area contributed by atoms with E-state index < -0.39 is 0 Å². The first-order valence-electron chi connectivity index (χ1n) is 5.95. The highest BCUT2D eigenvalue weighted by molar-refractivity contribution is 14.1. The number of nitro benzene ring substituents is 1. The van der Waals surface area contributed by atoms with Crippen molar-refractivity contribution in [2.24, 2.45) is 5.73 Å². The Morgan fingerprint density at radius 1 is 1.56 bits per heavy atom. The third-order valence-electron chi connectivity index (χ3n) is 3.37. The van der Waals surface area contributed by atoms with Gasteiger partial charge in [0.05, 0.1) is 10.6 Å². The number of anilines is 1. The van der Waals surface area contributed by atoms with Gasteiger partial charge in [0.2, 0.25) is 0 Å². The molecule has 2 N–H and O–H groups in total. The van der Waals surface area contributed by atoms with E-state index >= 15 is 0 Å². The first kappa shape index (κ1) is 13.5. The van der Waals surface area contributed by atoms with Crippen LogP contribution in [0, 0.1) is 13.7 Å². The minimum absolute atomic E-state index is 0.143. The van der Waals surface area contributed by atoms with E-state index in [-0.39, 0.29) is 16.7 Å². The molecule has 1 fully saturated rings. The van der Waals surface area contributed by atoms with Crippen LogP contribution in [-0.2, 0) is 0 Å². The van der Waals surface area contributed by atoms with Crippen molar-refractivity contribution in [3.63, 3.8) is 0 Å². The highest BCUT2D eigenvalue weighted by Gasteiger charge is 2.25. The number of piperidine rings is 1. The minimum Gasteiger partial charge on any atom is -0.368 e. The molecule has 1 saturated heterocycles. The second-order valence-electron chi connectivity index (χ2n) is 4.72. The molecular formula is C12H16IN3O2. The van der Waals surface area contributed by atoms with Gasteiger partial charge in [0.1, 0.15) is 0 Å². The molecule has 1 aromatic carbocycles. The SMILES string of the molecule is CC1CC(N)CCN1c1ccc([N+](=O)[O-])cc1I. The van der Waals surface area contributed by atoms with Crippen molar-refractivity contribution >= 4 is 34.0 Å². The monoisotopic (exact) mass is 361 g/mol. The predicted molar refractivity (Wildman–Crippen MR) is 79.8 cm³/mol. The van der Waals surface area contributed by atoms with E-state index in [0.717, 1.165) is 28.6 Å². The van der Waals surface area contributed by atoms with Gasteiger partial charge in [0.15, 0.2) is 0 Å². The van der Waals surface area contributed by atoms with Gasteiger partial charge in [0, 0.05) is 34.3 Å². The van der Waals surface area contributed by atoms with E-state index in [2.05, 4.69) is 34.4 Å². The summed E-state index contributed by atoms with van der Waals surface area (Å²) in [7, 11) is 0. The quantitative estimate of drug-likeness (QED) is 0.499. The Bertz CT molecular complexity index is 467. The molecule has 0 aromatic heterocycles. The molecule has 1 aliphatic rings. The number of nitrogens with zero attached hydrogens (tertiary/aromatic N) is 2. The molecule has 1 aromatic rings. The van der Waals surface area contributed by atoms with Gasteiger partial charge in [-0.2, -0.15) is 0 Å². The van der Waals surface area contributed by atoms with Crippen molar-refractivity contribution in [1.82, 2.24) is 0 Å². The zero-order valence-electron chi connectivity index (χ0n) is 10.2. The van der Waals surface area contributed by atoms with Gasteiger partial charge in [-0.1, -0.05) is 0 Å². The first-order chi connectivity index (χ1) is 8.49. The van der Waals surface area contributed by atoms with Gasteiger partial charge in [0.25, 0.3) is 5.69 Å². The summed E-state index contributed by atoms with van der Waals surface area (Å²) in [5.74, 6) is 0. The van der Waals surface area contributed by atoms with Crippen LogP contribution in [0.5, 0.6) is 0 Å². The molecule has 0 amide bonds. The van der Waals surface area contributed by atoms with Crippen LogP contribution >= 0.6 is 22.6 Å². The molecule has 18 heavy (non-hydrogen) atoms. The summed E-state index contributed by atoms with van der Waals surface area (Å²) in [5.41, 5.74) is 7.16. The Morgan fingerprint density at radius 2 is 2.28 bits per heavy atom. The Kier molecular flexibility index (Phi) is 4.06. The Labute approximate surface area is 120 Å². The van der Waals surface area contributed by atoms with Crippen molar-refractivity contribution in [1.29, 1.82) is 0 Å². The van der Waals surface area contributed by atoms with Crippen LogP contribution in [0.4, 0.5) is 11.4 Å². The lowest BCUT2D eigenvalue weighted by Crippen LogP contribution is -2.45. The third-order valence-corrected chi connectivity index (χ3v) is 4.23. The average molecular weight is 361 g/mol. The Morgan fingerprint density at radius 3 is 2.83 bits per heavy atom. The fraction of sp³-hybridized carbons (Fsp3) is 0.500. The van der Waals surface area contributed by atoms with Crippen LogP contribution in [0.25, 0.3) is 0 Å². The molecule has 1 aliphatic heterocycles. The lowest BCUT2D eigenvalue weighted by molar-refractivity contribution is -0.384. The number of hydrogen-bond acceptors (Lipinski definition) is 4. The lowest BCUT2D eigenvalue weighted by atomic mass is 9.98. The summed E-state index contributed by atoms with van der Waals surface area (Å²) >= 11 is 2.16. The lowest BCUT2D eigenvalue weighted by Gasteiger charge is -2.38. The van der Waals surface area contributed by atoms with E-state index in [4.69, 9.17) is 5.73 Å². The summed E-state index contributed by atoms with van der Waals surface area (Å²) in [5, 5.41) is 10.7. The smallest absolute Gasteiger partial charge is 0.270 e.